The van der Waals surface area contributed by atoms with E-state index in [1.165, 1.54) is 0 Å². The summed E-state index contributed by atoms with van der Waals surface area (Å²) in [7, 11) is 0. The lowest BCUT2D eigenvalue weighted by molar-refractivity contribution is -0.127. The van der Waals surface area contributed by atoms with Crippen LogP contribution in [0.2, 0.25) is 0 Å². The Morgan fingerprint density at radius 3 is 2.62 bits per heavy atom. The fraction of sp³-hybridized carbons (Fsp3) is 0.833. The Morgan fingerprint density at radius 2 is 2.38 bits per heavy atom. The largest absolute Gasteiger partial charge is 0.367 e. The predicted octanol–water partition coefficient (Wildman–Crippen LogP) is 0.364. The minimum Gasteiger partial charge on any atom is -0.367 e. The highest BCUT2D eigenvalue weighted by atomic mass is 16.5. The summed E-state index contributed by atoms with van der Waals surface area (Å²) in [6.07, 6.45) is 2.92. The molecule has 0 aromatic rings. The number of ether oxygens (including phenoxy) is 1. The van der Waals surface area contributed by atoms with Gasteiger partial charge in [0.25, 0.3) is 0 Å². The zero-order valence-corrected chi connectivity index (χ0v) is 4.59. The molecule has 0 aromatic carbocycles. The Kier molecular flexibility index (Phi) is 0.637. The van der Waals surface area contributed by atoms with Crippen LogP contribution in [-0.4, -0.2) is 18.5 Å². The van der Waals surface area contributed by atoms with Gasteiger partial charge in [-0.3, -0.25) is 0 Å². The first-order valence-corrected chi connectivity index (χ1v) is 2.95. The van der Waals surface area contributed by atoms with Crippen LogP contribution in [0.15, 0.2) is 0 Å². The van der Waals surface area contributed by atoms with Crippen LogP contribution >= 0.6 is 0 Å². The van der Waals surface area contributed by atoms with Crippen LogP contribution in [0.5, 0.6) is 0 Å². The molecule has 0 N–H and O–H groups in total. The maximum Gasteiger partial charge on any atom is 0.151 e. The first kappa shape index (κ1) is 4.50. The molecule has 3 fully saturated rings. The molecule has 1 aliphatic carbocycles. The van der Waals surface area contributed by atoms with Gasteiger partial charge >= 0.3 is 0 Å². The molecule has 2 nitrogen and oxygen atoms in total. The molecule has 44 valence electrons. The highest BCUT2D eigenvalue weighted by molar-refractivity contribution is 5.65. The summed E-state index contributed by atoms with van der Waals surface area (Å²) < 4.78 is 5.20. The monoisotopic (exact) mass is 112 g/mol. The smallest absolute Gasteiger partial charge is 0.151 e. The van der Waals surface area contributed by atoms with Crippen LogP contribution in [-0.2, 0) is 9.53 Å². The van der Waals surface area contributed by atoms with Gasteiger partial charge in [-0.25, -0.2) is 0 Å². The molecule has 2 aliphatic heterocycles. The van der Waals surface area contributed by atoms with Gasteiger partial charge in [0, 0.05) is 0 Å². The van der Waals surface area contributed by atoms with Crippen molar-refractivity contribution < 1.29 is 9.53 Å². The molecule has 2 heteroatoms. The Morgan fingerprint density at radius 1 is 1.62 bits per heavy atom. The zero-order chi connectivity index (χ0) is 5.61. The van der Waals surface area contributed by atoms with E-state index >= 15 is 0 Å². The summed E-state index contributed by atoms with van der Waals surface area (Å²) >= 11 is 0. The first-order valence-electron chi connectivity index (χ1n) is 2.95. The second-order valence-corrected chi connectivity index (χ2v) is 2.77. The van der Waals surface area contributed by atoms with Crippen LogP contribution in [0.3, 0.4) is 0 Å². The molecule has 0 atom stereocenters. The van der Waals surface area contributed by atoms with Crippen LogP contribution in [0.25, 0.3) is 0 Å². The van der Waals surface area contributed by atoms with Gasteiger partial charge < -0.3 is 9.53 Å². The lowest BCUT2D eigenvalue weighted by Gasteiger charge is -2.29. The van der Waals surface area contributed by atoms with E-state index in [4.69, 9.17) is 4.74 Å². The Bertz CT molecular complexity index is 119. The van der Waals surface area contributed by atoms with Gasteiger partial charge in [0.15, 0.2) is 6.29 Å². The Hall–Kier alpha value is -0.370. The second-order valence-electron chi connectivity index (χ2n) is 2.77. The van der Waals surface area contributed by atoms with Crippen molar-refractivity contribution in [3.05, 3.63) is 0 Å². The second kappa shape index (κ2) is 1.13. The van der Waals surface area contributed by atoms with E-state index in [0.29, 0.717) is 5.92 Å². The van der Waals surface area contributed by atoms with Gasteiger partial charge in [-0.15, -0.1) is 0 Å². The van der Waals surface area contributed by atoms with Crippen molar-refractivity contribution in [2.75, 3.05) is 6.61 Å². The number of hydrogen-bond acceptors (Lipinski definition) is 2. The van der Waals surface area contributed by atoms with Gasteiger partial charge in [-0.05, 0) is 18.8 Å². The molecule has 0 spiro atoms. The SMILES string of the molecule is O=CC12CC(CO1)C2. The van der Waals surface area contributed by atoms with Gasteiger partial charge in [0.1, 0.15) is 5.60 Å². The van der Waals surface area contributed by atoms with Crippen molar-refractivity contribution >= 4 is 6.29 Å². The average Bonchev–Trinajstić information content (AvgIpc) is 2.17. The average molecular weight is 112 g/mol. The molecule has 2 heterocycles. The minimum absolute atomic E-state index is 0.301. The van der Waals surface area contributed by atoms with Crippen molar-refractivity contribution in [2.45, 2.75) is 18.4 Å². The van der Waals surface area contributed by atoms with Crippen molar-refractivity contribution in [1.29, 1.82) is 0 Å². The molecule has 3 aliphatic rings. The lowest BCUT2D eigenvalue weighted by Crippen LogP contribution is -2.37. The van der Waals surface area contributed by atoms with E-state index in [1.54, 1.807) is 0 Å². The molecule has 1 saturated carbocycles. The van der Waals surface area contributed by atoms with E-state index < -0.39 is 0 Å². The normalized spacial score (nSPS) is 50.8. The molecular weight excluding hydrogens is 104 g/mol. The number of fused-ring (bicyclic) bond motifs is 1. The molecule has 0 unspecified atom stereocenters. The topological polar surface area (TPSA) is 26.3 Å². The number of aldehydes is 1. The fourth-order valence-corrected chi connectivity index (χ4v) is 1.57. The number of carbonyl (C=O) groups is 1. The third kappa shape index (κ3) is 0.348. The Labute approximate surface area is 47.8 Å². The molecule has 8 heavy (non-hydrogen) atoms. The van der Waals surface area contributed by atoms with Crippen LogP contribution in [0.4, 0.5) is 0 Å². The predicted molar refractivity (Wildman–Crippen MR) is 27.5 cm³/mol. The van der Waals surface area contributed by atoms with Crippen molar-refractivity contribution in [3.8, 4) is 0 Å². The van der Waals surface area contributed by atoms with Gasteiger partial charge in [0.05, 0.1) is 6.61 Å². The number of hydrogen-bond donors (Lipinski definition) is 0. The standard InChI is InChI=1S/C6H8O2/c7-4-6-1-5(2-6)3-8-6/h4-5H,1-3H2. The highest BCUT2D eigenvalue weighted by Gasteiger charge is 2.51. The van der Waals surface area contributed by atoms with E-state index in [2.05, 4.69) is 0 Å². The summed E-state index contributed by atoms with van der Waals surface area (Å²) in [6.45, 7) is 0.818. The fourth-order valence-electron chi connectivity index (χ4n) is 1.57. The summed E-state index contributed by atoms with van der Waals surface area (Å²) in [5.41, 5.74) is -0.301. The maximum atomic E-state index is 10.2. The number of rotatable bonds is 1. The summed E-state index contributed by atoms with van der Waals surface area (Å²) in [5, 5.41) is 0. The minimum atomic E-state index is -0.301. The third-order valence-electron chi connectivity index (χ3n) is 2.09. The van der Waals surface area contributed by atoms with Gasteiger partial charge in [-0.2, -0.15) is 0 Å². The van der Waals surface area contributed by atoms with Crippen LogP contribution < -0.4 is 0 Å². The zero-order valence-electron chi connectivity index (χ0n) is 4.59. The highest BCUT2D eigenvalue weighted by Crippen LogP contribution is 2.46. The number of carbonyl (C=O) groups excluding carboxylic acids is 1. The molecule has 2 saturated heterocycles. The first-order chi connectivity index (χ1) is 3.85. The Balaban J connectivity index is 2.19. The van der Waals surface area contributed by atoms with Crippen molar-refractivity contribution in [3.63, 3.8) is 0 Å². The third-order valence-corrected chi connectivity index (χ3v) is 2.09. The van der Waals surface area contributed by atoms with Gasteiger partial charge in [-0.1, -0.05) is 0 Å². The van der Waals surface area contributed by atoms with E-state index in [9.17, 15) is 4.79 Å². The van der Waals surface area contributed by atoms with Crippen LogP contribution in [0.1, 0.15) is 12.8 Å². The summed E-state index contributed by atoms with van der Waals surface area (Å²) in [5.74, 6) is 0.709. The maximum absolute atomic E-state index is 10.2. The summed E-state index contributed by atoms with van der Waals surface area (Å²) in [6, 6.07) is 0. The lowest BCUT2D eigenvalue weighted by atomic mass is 9.76. The van der Waals surface area contributed by atoms with E-state index in [0.717, 1.165) is 25.7 Å². The van der Waals surface area contributed by atoms with E-state index in [-0.39, 0.29) is 5.60 Å². The molecule has 2 bridgehead atoms. The van der Waals surface area contributed by atoms with Crippen molar-refractivity contribution in [2.24, 2.45) is 5.92 Å². The molecule has 0 aromatic heterocycles. The molecule has 0 amide bonds. The molecule has 0 radical (unpaired) electrons. The van der Waals surface area contributed by atoms with Gasteiger partial charge in [0.2, 0.25) is 0 Å². The summed E-state index contributed by atoms with van der Waals surface area (Å²) in [4.78, 5) is 10.2. The quantitative estimate of drug-likeness (QED) is 0.458. The van der Waals surface area contributed by atoms with Crippen LogP contribution in [0, 0.1) is 5.92 Å². The van der Waals surface area contributed by atoms with Crippen molar-refractivity contribution in [1.82, 2.24) is 0 Å². The molecular formula is C6H8O2. The van der Waals surface area contributed by atoms with E-state index in [1.807, 2.05) is 0 Å². The molecule has 3 rings (SSSR count).